The second-order valence-corrected chi connectivity index (χ2v) is 10.0. The van der Waals surface area contributed by atoms with Crippen molar-refractivity contribution in [3.63, 3.8) is 0 Å². The molecule has 1 unspecified atom stereocenters. The molecular weight excluding hydrogens is 491 g/mol. The molecule has 4 heterocycles. The number of thiazole rings is 1. The Bertz CT molecular complexity index is 1440. The third kappa shape index (κ3) is 5.59. The van der Waals surface area contributed by atoms with Gasteiger partial charge in [-0.05, 0) is 49.6 Å². The lowest BCUT2D eigenvalue weighted by Gasteiger charge is -2.22. The van der Waals surface area contributed by atoms with Crippen molar-refractivity contribution in [3.8, 4) is 10.4 Å². The third-order valence-corrected chi connectivity index (χ3v) is 7.42. The van der Waals surface area contributed by atoms with Crippen LogP contribution in [0, 0.1) is 5.82 Å². The number of carbonyl (C=O) groups is 2. The summed E-state index contributed by atoms with van der Waals surface area (Å²) in [6, 6.07) is 7.97. The van der Waals surface area contributed by atoms with E-state index in [-0.39, 0.29) is 17.6 Å². The number of imidazole rings is 1. The lowest BCUT2D eigenvalue weighted by Crippen LogP contribution is -2.46. The number of pyridine rings is 1. The first-order chi connectivity index (χ1) is 18.0. The molecule has 1 aliphatic heterocycles. The summed E-state index contributed by atoms with van der Waals surface area (Å²) in [6.07, 6.45) is 10.6. The smallest absolute Gasteiger partial charge is 0.246 e. The third-order valence-electron chi connectivity index (χ3n) is 6.38. The van der Waals surface area contributed by atoms with Gasteiger partial charge in [-0.2, -0.15) is 0 Å². The van der Waals surface area contributed by atoms with Crippen LogP contribution in [0.1, 0.15) is 30.5 Å². The van der Waals surface area contributed by atoms with Gasteiger partial charge in [0.05, 0.1) is 27.9 Å². The molecule has 4 aromatic rings. The molecule has 2 amide bonds. The first-order valence-corrected chi connectivity index (χ1v) is 13.0. The lowest BCUT2D eigenvalue weighted by molar-refractivity contribution is -0.135. The van der Waals surface area contributed by atoms with Crippen LogP contribution in [0.3, 0.4) is 0 Å². The normalized spacial score (nSPS) is 15.6. The maximum atomic E-state index is 13.2. The quantitative estimate of drug-likeness (QED) is 0.357. The molecule has 0 aliphatic carbocycles. The van der Waals surface area contributed by atoms with E-state index in [1.807, 2.05) is 10.6 Å². The van der Waals surface area contributed by atoms with Gasteiger partial charge in [0.2, 0.25) is 11.8 Å². The van der Waals surface area contributed by atoms with Gasteiger partial charge >= 0.3 is 0 Å². The van der Waals surface area contributed by atoms with Crippen molar-refractivity contribution in [1.29, 1.82) is 0 Å². The monoisotopic (exact) mass is 518 g/mol. The maximum absolute atomic E-state index is 13.2. The molecule has 1 aromatic carbocycles. The van der Waals surface area contributed by atoms with Gasteiger partial charge in [-0.1, -0.05) is 18.2 Å². The highest BCUT2D eigenvalue weighted by Gasteiger charge is 2.32. The van der Waals surface area contributed by atoms with Crippen LogP contribution in [0.15, 0.2) is 61.2 Å². The molecule has 10 heteroatoms. The average molecular weight is 519 g/mol. The molecule has 0 bridgehead atoms. The van der Waals surface area contributed by atoms with Crippen LogP contribution in [-0.2, 0) is 22.6 Å². The van der Waals surface area contributed by atoms with Crippen molar-refractivity contribution < 1.29 is 14.0 Å². The summed E-state index contributed by atoms with van der Waals surface area (Å²) in [7, 11) is 0. The topological polar surface area (TPSA) is 93.0 Å². The minimum Gasteiger partial charge on any atom is -0.353 e. The molecule has 1 atom stereocenters. The molecule has 37 heavy (non-hydrogen) atoms. The molecule has 5 rings (SSSR count). The number of allylic oxidation sites excluding steroid dienone is 1. The number of carbonyl (C=O) groups excluding carboxylic acids is 2. The molecule has 0 radical (unpaired) electrons. The first-order valence-electron chi connectivity index (χ1n) is 12.2. The van der Waals surface area contributed by atoms with Gasteiger partial charge in [0, 0.05) is 37.9 Å². The van der Waals surface area contributed by atoms with Gasteiger partial charge in [0.1, 0.15) is 17.4 Å². The Morgan fingerprint density at radius 1 is 1.19 bits per heavy atom. The molecule has 1 aliphatic rings. The van der Waals surface area contributed by atoms with Crippen LogP contribution < -0.4 is 5.32 Å². The van der Waals surface area contributed by atoms with Gasteiger partial charge in [0.15, 0.2) is 0 Å². The molecule has 0 spiro atoms. The Balaban J connectivity index is 1.22. The Morgan fingerprint density at radius 3 is 2.84 bits per heavy atom. The van der Waals surface area contributed by atoms with E-state index in [1.54, 1.807) is 60.1 Å². The molecule has 1 fully saturated rings. The number of hydrogen-bond donors (Lipinski definition) is 1. The van der Waals surface area contributed by atoms with Crippen molar-refractivity contribution in [2.45, 2.75) is 38.8 Å². The van der Waals surface area contributed by atoms with Crippen molar-refractivity contribution in [2.24, 2.45) is 0 Å². The second kappa shape index (κ2) is 11.0. The molecule has 190 valence electrons. The molecule has 1 saturated heterocycles. The molecule has 3 aromatic heterocycles. The number of hydrogen-bond acceptors (Lipinski definition) is 6. The van der Waals surface area contributed by atoms with Crippen molar-refractivity contribution in [2.75, 3.05) is 13.1 Å². The van der Waals surface area contributed by atoms with Crippen LogP contribution in [0.2, 0.25) is 0 Å². The minimum absolute atomic E-state index is 0.120. The number of benzene rings is 1. The van der Waals surface area contributed by atoms with Crippen LogP contribution in [0.5, 0.6) is 0 Å². The van der Waals surface area contributed by atoms with Crippen molar-refractivity contribution >= 4 is 34.2 Å². The van der Waals surface area contributed by atoms with Crippen LogP contribution in [0.4, 0.5) is 4.39 Å². The van der Waals surface area contributed by atoms with Gasteiger partial charge < -0.3 is 14.8 Å². The predicted octanol–water partition coefficient (Wildman–Crippen LogP) is 3.97. The number of nitrogens with zero attached hydrogens (tertiary/aromatic N) is 5. The van der Waals surface area contributed by atoms with E-state index >= 15 is 0 Å². The van der Waals surface area contributed by atoms with Gasteiger partial charge in [0.25, 0.3) is 0 Å². The molecular formula is C27H27FN6O2S. The second-order valence-electron chi connectivity index (χ2n) is 8.88. The predicted molar refractivity (Wildman–Crippen MR) is 140 cm³/mol. The molecule has 1 N–H and O–H groups in total. The molecule has 0 saturated carbocycles. The van der Waals surface area contributed by atoms with E-state index in [2.05, 4.69) is 20.3 Å². The zero-order chi connectivity index (χ0) is 25.8. The summed E-state index contributed by atoms with van der Waals surface area (Å²) in [4.78, 5) is 41.1. The number of rotatable bonds is 8. The summed E-state index contributed by atoms with van der Waals surface area (Å²) < 4.78 is 15.2. The largest absolute Gasteiger partial charge is 0.353 e. The average Bonchev–Trinajstić information content (AvgIpc) is 3.65. The first kappa shape index (κ1) is 24.8. The highest BCUT2D eigenvalue weighted by molar-refractivity contribution is 7.15. The fourth-order valence-corrected chi connectivity index (χ4v) is 5.47. The Labute approximate surface area is 217 Å². The number of amides is 2. The van der Waals surface area contributed by atoms with Crippen LogP contribution >= 0.6 is 11.3 Å². The van der Waals surface area contributed by atoms with E-state index in [0.29, 0.717) is 32.5 Å². The lowest BCUT2D eigenvalue weighted by atomic mass is 10.2. The fourth-order valence-electron chi connectivity index (χ4n) is 4.53. The number of halogens is 1. The zero-order valence-corrected chi connectivity index (χ0v) is 21.2. The van der Waals surface area contributed by atoms with Crippen LogP contribution in [0.25, 0.3) is 21.5 Å². The number of aromatic nitrogens is 4. The molecule has 8 nitrogen and oxygen atoms in total. The van der Waals surface area contributed by atoms with E-state index in [1.165, 1.54) is 18.2 Å². The Morgan fingerprint density at radius 2 is 2.03 bits per heavy atom. The van der Waals surface area contributed by atoms with E-state index in [4.69, 9.17) is 0 Å². The van der Waals surface area contributed by atoms with Gasteiger partial charge in [-0.3, -0.25) is 14.6 Å². The summed E-state index contributed by atoms with van der Waals surface area (Å²) >= 11 is 1.56. The van der Waals surface area contributed by atoms with Crippen molar-refractivity contribution in [1.82, 2.24) is 29.7 Å². The summed E-state index contributed by atoms with van der Waals surface area (Å²) in [5.74, 6) is -0.504. The van der Waals surface area contributed by atoms with E-state index < -0.39 is 6.04 Å². The standard InChI is InChI=1S/C27H27FN6O2S/c1-2-4-26(35)34-11-3-5-22(34)27(36)29-10-12-33-17-32-21-15-30-20(13-23(21)33)14-25-31-16-24(37-25)18-6-8-19(28)9-7-18/h2,4,6-9,13,15-17,22H,3,5,10-12,14H2,1H3,(H,29,36)/b4-2-. The summed E-state index contributed by atoms with van der Waals surface area (Å²) in [6.45, 7) is 3.38. The van der Waals surface area contributed by atoms with Crippen LogP contribution in [-0.4, -0.2) is 55.4 Å². The highest BCUT2D eigenvalue weighted by Crippen LogP contribution is 2.27. The summed E-state index contributed by atoms with van der Waals surface area (Å²) in [5, 5.41) is 3.89. The Hall–Kier alpha value is -3.92. The fraction of sp³-hybridized carbons (Fsp3) is 0.296. The zero-order valence-electron chi connectivity index (χ0n) is 20.4. The SMILES string of the molecule is C/C=C\C(=O)N1CCCC1C(=O)NCCn1cnc2cnc(Cc3ncc(-c4ccc(F)cc4)s3)cc21. The number of nitrogens with one attached hydrogen (secondary N) is 1. The van der Waals surface area contributed by atoms with E-state index in [0.717, 1.165) is 38.6 Å². The minimum atomic E-state index is -0.419. The Kier molecular flexibility index (Phi) is 7.36. The van der Waals surface area contributed by atoms with Crippen molar-refractivity contribution in [3.05, 3.63) is 77.7 Å². The number of fused-ring (bicyclic) bond motifs is 1. The summed E-state index contributed by atoms with van der Waals surface area (Å²) in [5.41, 5.74) is 3.50. The van der Waals surface area contributed by atoms with Gasteiger partial charge in [-0.25, -0.2) is 14.4 Å². The maximum Gasteiger partial charge on any atom is 0.246 e. The van der Waals surface area contributed by atoms with E-state index in [9.17, 15) is 14.0 Å². The number of likely N-dealkylation sites (tertiary alicyclic amines) is 1. The van der Waals surface area contributed by atoms with Gasteiger partial charge in [-0.15, -0.1) is 11.3 Å². The highest BCUT2D eigenvalue weighted by atomic mass is 32.1.